The highest BCUT2D eigenvalue weighted by molar-refractivity contribution is 5.80. The molecule has 2 N–H and O–H groups in total. The van der Waals surface area contributed by atoms with Crippen LogP contribution in [0.5, 0.6) is 0 Å². The Balaban J connectivity index is 3.22. The maximum Gasteiger partial charge on any atom is 0.304 e. The van der Waals surface area contributed by atoms with Crippen molar-refractivity contribution in [1.82, 2.24) is 5.32 Å². The molecule has 0 fully saturated rings. The number of hydrogen-bond acceptors (Lipinski definition) is 3. The standard InChI is InChI=1S/C22H41NO3/c1-2-3-4-5-6-7-8-9-10-11-12-13-14-15-16-17-21(24)20-23-19-18-22(25)26/h9-10,23H,2-8,11-20H2,1H3,(H,25,26)/b10-9-. The Morgan fingerprint density at radius 3 is 1.88 bits per heavy atom. The third-order valence-corrected chi connectivity index (χ3v) is 4.56. The first-order chi connectivity index (χ1) is 12.7. The van der Waals surface area contributed by atoms with E-state index in [0.29, 0.717) is 19.5 Å². The minimum absolute atomic E-state index is 0.0701. The van der Waals surface area contributed by atoms with Gasteiger partial charge in [-0.15, -0.1) is 0 Å². The zero-order valence-corrected chi connectivity index (χ0v) is 16.9. The summed E-state index contributed by atoms with van der Waals surface area (Å²) in [6.45, 7) is 2.93. The first-order valence-corrected chi connectivity index (χ1v) is 10.8. The number of carboxylic acid groups (broad SMARTS) is 1. The number of unbranched alkanes of at least 4 members (excludes halogenated alkanes) is 11. The van der Waals surface area contributed by atoms with Gasteiger partial charge in [0.25, 0.3) is 0 Å². The van der Waals surface area contributed by atoms with Crippen LogP contribution in [-0.4, -0.2) is 29.9 Å². The van der Waals surface area contributed by atoms with Gasteiger partial charge in [-0.2, -0.15) is 0 Å². The van der Waals surface area contributed by atoms with Crippen LogP contribution < -0.4 is 5.32 Å². The van der Waals surface area contributed by atoms with E-state index >= 15 is 0 Å². The van der Waals surface area contributed by atoms with Crippen LogP contribution in [-0.2, 0) is 9.59 Å². The van der Waals surface area contributed by atoms with E-state index < -0.39 is 5.97 Å². The van der Waals surface area contributed by atoms with Gasteiger partial charge in [-0.25, -0.2) is 0 Å². The number of hydrogen-bond donors (Lipinski definition) is 2. The van der Waals surface area contributed by atoms with Crippen LogP contribution in [0.15, 0.2) is 12.2 Å². The molecule has 0 radical (unpaired) electrons. The summed E-state index contributed by atoms with van der Waals surface area (Å²) < 4.78 is 0. The molecule has 0 bridgehead atoms. The number of nitrogens with one attached hydrogen (secondary N) is 1. The highest BCUT2D eigenvalue weighted by Gasteiger charge is 2.02. The van der Waals surface area contributed by atoms with Crippen molar-refractivity contribution in [2.45, 2.75) is 103 Å². The summed E-state index contributed by atoms with van der Waals surface area (Å²) in [5, 5.41) is 11.4. The molecule has 0 spiro atoms. The first kappa shape index (κ1) is 24.8. The zero-order chi connectivity index (χ0) is 19.3. The number of Topliss-reactive ketones (excluding diaryl/α,β-unsaturated/α-hetero) is 1. The lowest BCUT2D eigenvalue weighted by Crippen LogP contribution is -2.25. The molecule has 152 valence electrons. The van der Waals surface area contributed by atoms with Crippen molar-refractivity contribution in [2.24, 2.45) is 0 Å². The van der Waals surface area contributed by atoms with E-state index in [1.54, 1.807) is 0 Å². The van der Waals surface area contributed by atoms with Crippen LogP contribution in [0.1, 0.15) is 103 Å². The van der Waals surface area contributed by atoms with E-state index in [1.807, 2.05) is 0 Å². The molecule has 0 aromatic carbocycles. The van der Waals surface area contributed by atoms with Crippen molar-refractivity contribution in [1.29, 1.82) is 0 Å². The van der Waals surface area contributed by atoms with Gasteiger partial charge in [-0.05, 0) is 32.1 Å². The first-order valence-electron chi connectivity index (χ1n) is 10.8. The van der Waals surface area contributed by atoms with E-state index in [1.165, 1.54) is 70.6 Å². The molecule has 0 aliphatic rings. The maximum atomic E-state index is 11.6. The zero-order valence-electron chi connectivity index (χ0n) is 16.9. The molecular formula is C22H41NO3. The second kappa shape index (κ2) is 20.2. The number of allylic oxidation sites excluding steroid dienone is 2. The molecule has 0 saturated carbocycles. The lowest BCUT2D eigenvalue weighted by atomic mass is 10.1. The van der Waals surface area contributed by atoms with E-state index in [2.05, 4.69) is 24.4 Å². The summed E-state index contributed by atoms with van der Waals surface area (Å²) in [5.41, 5.74) is 0. The second-order valence-corrected chi connectivity index (χ2v) is 7.19. The van der Waals surface area contributed by atoms with E-state index in [9.17, 15) is 9.59 Å². The molecule has 0 unspecified atom stereocenters. The number of carboxylic acids is 1. The van der Waals surface area contributed by atoms with Gasteiger partial charge in [0.15, 0.2) is 0 Å². The topological polar surface area (TPSA) is 66.4 Å². The third-order valence-electron chi connectivity index (χ3n) is 4.56. The van der Waals surface area contributed by atoms with Crippen molar-refractivity contribution in [3.05, 3.63) is 12.2 Å². The fraction of sp³-hybridized carbons (Fsp3) is 0.818. The fourth-order valence-electron chi connectivity index (χ4n) is 2.90. The highest BCUT2D eigenvalue weighted by atomic mass is 16.4. The molecule has 0 aromatic heterocycles. The molecule has 26 heavy (non-hydrogen) atoms. The van der Waals surface area contributed by atoms with E-state index in [-0.39, 0.29) is 12.2 Å². The van der Waals surface area contributed by atoms with Crippen molar-refractivity contribution in [3.63, 3.8) is 0 Å². The van der Waals surface area contributed by atoms with Gasteiger partial charge in [0.2, 0.25) is 0 Å². The molecule has 4 nitrogen and oxygen atoms in total. The minimum atomic E-state index is -0.831. The SMILES string of the molecule is CCCCCCCC/C=C\CCCCCCCC(=O)CNCCC(=O)O. The Morgan fingerprint density at radius 2 is 1.31 bits per heavy atom. The summed E-state index contributed by atoms with van der Waals surface area (Å²) in [6, 6.07) is 0. The molecule has 0 aromatic rings. The lowest BCUT2D eigenvalue weighted by molar-refractivity contribution is -0.137. The fourth-order valence-corrected chi connectivity index (χ4v) is 2.90. The summed E-state index contributed by atoms with van der Waals surface area (Å²) >= 11 is 0. The summed E-state index contributed by atoms with van der Waals surface area (Å²) in [6.07, 6.45) is 21.7. The molecule has 0 amide bonds. The van der Waals surface area contributed by atoms with Crippen LogP contribution in [0.3, 0.4) is 0 Å². The van der Waals surface area contributed by atoms with Gasteiger partial charge < -0.3 is 10.4 Å². The number of aliphatic carboxylic acids is 1. The van der Waals surface area contributed by atoms with Gasteiger partial charge >= 0.3 is 5.97 Å². The van der Waals surface area contributed by atoms with Crippen LogP contribution >= 0.6 is 0 Å². The number of carbonyl (C=O) groups is 2. The Hall–Kier alpha value is -1.16. The lowest BCUT2D eigenvalue weighted by Gasteiger charge is -2.03. The molecular weight excluding hydrogens is 326 g/mol. The second-order valence-electron chi connectivity index (χ2n) is 7.19. The molecule has 0 heterocycles. The average molecular weight is 368 g/mol. The largest absolute Gasteiger partial charge is 0.481 e. The van der Waals surface area contributed by atoms with E-state index in [0.717, 1.165) is 12.8 Å². The quantitative estimate of drug-likeness (QED) is 0.215. The Labute approximate surface area is 160 Å². The maximum absolute atomic E-state index is 11.6. The van der Waals surface area contributed by atoms with Crippen LogP contribution in [0.4, 0.5) is 0 Å². The normalized spacial score (nSPS) is 11.3. The van der Waals surface area contributed by atoms with Gasteiger partial charge in [0.1, 0.15) is 5.78 Å². The summed E-state index contributed by atoms with van der Waals surface area (Å²) in [7, 11) is 0. The molecule has 0 saturated heterocycles. The van der Waals surface area contributed by atoms with Crippen molar-refractivity contribution < 1.29 is 14.7 Å². The third kappa shape index (κ3) is 20.9. The Kier molecular flexibility index (Phi) is 19.3. The number of ketones is 1. The summed E-state index contributed by atoms with van der Waals surface area (Å²) in [5.74, 6) is -0.643. The monoisotopic (exact) mass is 367 g/mol. The average Bonchev–Trinajstić information content (AvgIpc) is 2.62. The smallest absolute Gasteiger partial charge is 0.304 e. The predicted octanol–water partition coefficient (Wildman–Crippen LogP) is 5.66. The molecule has 0 aliphatic heterocycles. The van der Waals surface area contributed by atoms with Gasteiger partial charge in [-0.3, -0.25) is 9.59 Å². The molecule has 4 heteroatoms. The minimum Gasteiger partial charge on any atom is -0.481 e. The van der Waals surface area contributed by atoms with Gasteiger partial charge in [0.05, 0.1) is 13.0 Å². The summed E-state index contributed by atoms with van der Waals surface area (Å²) in [4.78, 5) is 21.9. The highest BCUT2D eigenvalue weighted by Crippen LogP contribution is 2.10. The van der Waals surface area contributed by atoms with Crippen molar-refractivity contribution in [2.75, 3.05) is 13.1 Å². The predicted molar refractivity (Wildman–Crippen MR) is 110 cm³/mol. The van der Waals surface area contributed by atoms with Crippen LogP contribution in [0.25, 0.3) is 0 Å². The Morgan fingerprint density at radius 1 is 0.769 bits per heavy atom. The molecule has 0 atom stereocenters. The van der Waals surface area contributed by atoms with Crippen LogP contribution in [0.2, 0.25) is 0 Å². The van der Waals surface area contributed by atoms with E-state index in [4.69, 9.17) is 5.11 Å². The number of carbonyl (C=O) groups excluding carboxylic acids is 1. The van der Waals surface area contributed by atoms with Gasteiger partial charge in [-0.1, -0.05) is 70.4 Å². The number of rotatable bonds is 20. The van der Waals surface area contributed by atoms with Crippen LogP contribution in [0, 0.1) is 0 Å². The Bertz CT molecular complexity index is 366. The van der Waals surface area contributed by atoms with Crippen molar-refractivity contribution in [3.8, 4) is 0 Å². The van der Waals surface area contributed by atoms with Gasteiger partial charge in [0, 0.05) is 13.0 Å². The molecule has 0 rings (SSSR count). The van der Waals surface area contributed by atoms with Crippen molar-refractivity contribution >= 4 is 11.8 Å². The molecule has 0 aliphatic carbocycles.